The summed E-state index contributed by atoms with van der Waals surface area (Å²) in [6, 6.07) is 7.49. The molecule has 0 aromatic heterocycles. The molecule has 0 amide bonds. The molecule has 100 valence electrons. The van der Waals surface area contributed by atoms with E-state index in [4.69, 9.17) is 11.6 Å². The van der Waals surface area contributed by atoms with E-state index in [-0.39, 0.29) is 6.10 Å². The zero-order chi connectivity index (χ0) is 12.8. The Hall–Kier alpha value is -0.220. The molecule has 4 heteroatoms. The zero-order valence-corrected chi connectivity index (χ0v) is 12.1. The predicted octanol–water partition coefficient (Wildman–Crippen LogP) is 3.20. The van der Waals surface area contributed by atoms with Crippen LogP contribution in [0.3, 0.4) is 0 Å². The second kappa shape index (κ2) is 7.39. The van der Waals surface area contributed by atoms with Crippen molar-refractivity contribution in [3.05, 3.63) is 34.9 Å². The molecular formula is C14H20ClNOS. The van der Waals surface area contributed by atoms with E-state index in [1.165, 1.54) is 24.5 Å². The first-order valence-electron chi connectivity index (χ1n) is 6.49. The second-order valence-corrected chi connectivity index (χ2v) is 6.32. The lowest BCUT2D eigenvalue weighted by atomic mass is 10.1. The SMILES string of the molecule is OC(CCN1CCCSCC1)c1ccc(Cl)cc1. The van der Waals surface area contributed by atoms with Gasteiger partial charge in [-0.05, 0) is 42.8 Å². The van der Waals surface area contributed by atoms with Crippen LogP contribution in [-0.4, -0.2) is 41.1 Å². The Bertz CT molecular complexity index is 349. The first kappa shape index (κ1) is 14.2. The van der Waals surface area contributed by atoms with Gasteiger partial charge in [0.1, 0.15) is 0 Å². The Morgan fingerprint density at radius 1 is 1.22 bits per heavy atom. The molecule has 1 N–H and O–H groups in total. The Balaban J connectivity index is 1.80. The van der Waals surface area contributed by atoms with Gasteiger partial charge in [-0.3, -0.25) is 0 Å². The molecule has 18 heavy (non-hydrogen) atoms. The maximum Gasteiger partial charge on any atom is 0.0802 e. The first-order chi connectivity index (χ1) is 8.75. The standard InChI is InChI=1S/C14H20ClNOS/c15-13-4-2-12(3-5-13)14(17)6-8-16-7-1-10-18-11-9-16/h2-5,14,17H,1,6-11H2. The maximum atomic E-state index is 10.1. The maximum absolute atomic E-state index is 10.1. The Morgan fingerprint density at radius 2 is 2.00 bits per heavy atom. The normalized spacial score (nSPS) is 19.4. The number of aliphatic hydroxyl groups excluding tert-OH is 1. The lowest BCUT2D eigenvalue weighted by Crippen LogP contribution is -2.28. The number of hydrogen-bond donors (Lipinski definition) is 1. The first-order valence-corrected chi connectivity index (χ1v) is 8.02. The van der Waals surface area contributed by atoms with Gasteiger partial charge in [0.25, 0.3) is 0 Å². The quantitative estimate of drug-likeness (QED) is 0.919. The summed E-state index contributed by atoms with van der Waals surface area (Å²) in [6.45, 7) is 3.29. The van der Waals surface area contributed by atoms with E-state index in [1.54, 1.807) is 0 Å². The van der Waals surface area contributed by atoms with E-state index in [9.17, 15) is 5.11 Å². The van der Waals surface area contributed by atoms with Gasteiger partial charge in [-0.1, -0.05) is 23.7 Å². The van der Waals surface area contributed by atoms with Crippen LogP contribution in [0.15, 0.2) is 24.3 Å². The summed E-state index contributed by atoms with van der Waals surface area (Å²) in [7, 11) is 0. The molecule has 2 rings (SSSR count). The van der Waals surface area contributed by atoms with Crippen molar-refractivity contribution in [2.75, 3.05) is 31.1 Å². The van der Waals surface area contributed by atoms with Crippen molar-refractivity contribution in [1.82, 2.24) is 4.90 Å². The lowest BCUT2D eigenvalue weighted by Gasteiger charge is -2.21. The molecule has 1 fully saturated rings. The molecule has 1 heterocycles. The lowest BCUT2D eigenvalue weighted by molar-refractivity contribution is 0.144. The fraction of sp³-hybridized carbons (Fsp3) is 0.571. The number of hydrogen-bond acceptors (Lipinski definition) is 3. The summed E-state index contributed by atoms with van der Waals surface area (Å²) >= 11 is 7.87. The van der Waals surface area contributed by atoms with Gasteiger partial charge in [-0.25, -0.2) is 0 Å². The monoisotopic (exact) mass is 285 g/mol. The molecule has 1 aliphatic rings. The molecule has 0 bridgehead atoms. The molecule has 0 spiro atoms. The van der Waals surface area contributed by atoms with Crippen molar-refractivity contribution in [3.63, 3.8) is 0 Å². The summed E-state index contributed by atoms with van der Waals surface area (Å²) < 4.78 is 0. The van der Waals surface area contributed by atoms with Gasteiger partial charge in [-0.15, -0.1) is 0 Å². The van der Waals surface area contributed by atoms with Crippen molar-refractivity contribution in [2.45, 2.75) is 18.9 Å². The molecule has 1 aliphatic heterocycles. The highest BCUT2D eigenvalue weighted by atomic mass is 35.5. The molecule has 1 unspecified atom stereocenters. The van der Waals surface area contributed by atoms with Gasteiger partial charge in [0.15, 0.2) is 0 Å². The topological polar surface area (TPSA) is 23.5 Å². The largest absolute Gasteiger partial charge is 0.388 e. The van der Waals surface area contributed by atoms with Crippen molar-refractivity contribution < 1.29 is 5.11 Å². The van der Waals surface area contributed by atoms with Gasteiger partial charge >= 0.3 is 0 Å². The molecule has 1 aromatic rings. The summed E-state index contributed by atoms with van der Waals surface area (Å²) in [4.78, 5) is 2.46. The zero-order valence-electron chi connectivity index (χ0n) is 10.5. The van der Waals surface area contributed by atoms with E-state index in [0.717, 1.165) is 30.1 Å². The van der Waals surface area contributed by atoms with Gasteiger partial charge in [0.05, 0.1) is 6.10 Å². The fourth-order valence-electron chi connectivity index (χ4n) is 2.18. The number of halogens is 1. The molecule has 0 saturated carbocycles. The molecular weight excluding hydrogens is 266 g/mol. The van der Waals surface area contributed by atoms with Crippen LogP contribution in [0.25, 0.3) is 0 Å². The van der Waals surface area contributed by atoms with Gasteiger partial charge in [0, 0.05) is 23.9 Å². The van der Waals surface area contributed by atoms with Crippen LogP contribution in [0.1, 0.15) is 24.5 Å². The van der Waals surface area contributed by atoms with Crippen LogP contribution >= 0.6 is 23.4 Å². The smallest absolute Gasteiger partial charge is 0.0802 e. The summed E-state index contributed by atoms with van der Waals surface area (Å²) in [5.74, 6) is 2.49. The van der Waals surface area contributed by atoms with Crippen molar-refractivity contribution in [1.29, 1.82) is 0 Å². The predicted molar refractivity (Wildman–Crippen MR) is 79.4 cm³/mol. The van der Waals surface area contributed by atoms with Crippen LogP contribution in [0.4, 0.5) is 0 Å². The average Bonchev–Trinajstić information content (AvgIpc) is 2.65. The summed E-state index contributed by atoms with van der Waals surface area (Å²) in [6.07, 6.45) is 1.69. The Labute approximate surface area is 118 Å². The van der Waals surface area contributed by atoms with E-state index < -0.39 is 0 Å². The van der Waals surface area contributed by atoms with Crippen molar-refractivity contribution in [3.8, 4) is 0 Å². The number of rotatable bonds is 4. The van der Waals surface area contributed by atoms with Crippen molar-refractivity contribution >= 4 is 23.4 Å². The third kappa shape index (κ3) is 4.47. The summed E-state index contributed by atoms with van der Waals surface area (Å²) in [5.41, 5.74) is 0.962. The fourth-order valence-corrected chi connectivity index (χ4v) is 3.23. The molecule has 0 radical (unpaired) electrons. The van der Waals surface area contributed by atoms with Crippen LogP contribution in [-0.2, 0) is 0 Å². The van der Waals surface area contributed by atoms with Gasteiger partial charge < -0.3 is 10.0 Å². The third-order valence-electron chi connectivity index (χ3n) is 3.29. The molecule has 1 saturated heterocycles. The number of aliphatic hydroxyl groups is 1. The molecule has 1 atom stereocenters. The minimum atomic E-state index is -0.377. The van der Waals surface area contributed by atoms with Crippen LogP contribution in [0.2, 0.25) is 5.02 Å². The second-order valence-electron chi connectivity index (χ2n) is 4.66. The van der Waals surface area contributed by atoms with Gasteiger partial charge in [0.2, 0.25) is 0 Å². The molecule has 0 aliphatic carbocycles. The minimum absolute atomic E-state index is 0.377. The van der Waals surface area contributed by atoms with Crippen LogP contribution < -0.4 is 0 Å². The molecule has 1 aromatic carbocycles. The van der Waals surface area contributed by atoms with E-state index in [1.807, 2.05) is 36.0 Å². The highest BCUT2D eigenvalue weighted by Crippen LogP contribution is 2.20. The minimum Gasteiger partial charge on any atom is -0.388 e. The summed E-state index contributed by atoms with van der Waals surface area (Å²) in [5, 5.41) is 10.9. The van der Waals surface area contributed by atoms with E-state index in [2.05, 4.69) is 4.90 Å². The Morgan fingerprint density at radius 3 is 2.78 bits per heavy atom. The average molecular weight is 286 g/mol. The Kier molecular flexibility index (Phi) is 5.83. The highest BCUT2D eigenvalue weighted by Gasteiger charge is 2.12. The van der Waals surface area contributed by atoms with Crippen LogP contribution in [0, 0.1) is 0 Å². The van der Waals surface area contributed by atoms with E-state index in [0.29, 0.717) is 0 Å². The molecule has 2 nitrogen and oxygen atoms in total. The van der Waals surface area contributed by atoms with Crippen molar-refractivity contribution in [2.24, 2.45) is 0 Å². The number of thioether (sulfide) groups is 1. The third-order valence-corrected chi connectivity index (χ3v) is 4.59. The van der Waals surface area contributed by atoms with Gasteiger partial charge in [-0.2, -0.15) is 11.8 Å². The van der Waals surface area contributed by atoms with Crippen LogP contribution in [0.5, 0.6) is 0 Å². The highest BCUT2D eigenvalue weighted by molar-refractivity contribution is 7.99. The van der Waals surface area contributed by atoms with E-state index >= 15 is 0 Å². The number of benzene rings is 1. The number of nitrogens with zero attached hydrogens (tertiary/aromatic N) is 1.